The SMILES string of the molecule is COC(=O)C(CCCc1ccccc1)CC(=O)O. The van der Waals surface area contributed by atoms with Crippen LogP contribution in [0.1, 0.15) is 24.8 Å². The van der Waals surface area contributed by atoms with E-state index in [1.165, 1.54) is 12.7 Å². The smallest absolute Gasteiger partial charge is 0.309 e. The normalized spacial score (nSPS) is 11.8. The molecule has 98 valence electrons. The van der Waals surface area contributed by atoms with Gasteiger partial charge < -0.3 is 9.84 Å². The Morgan fingerprint density at radius 3 is 2.50 bits per heavy atom. The van der Waals surface area contributed by atoms with E-state index in [1.807, 2.05) is 30.3 Å². The molecular weight excluding hydrogens is 232 g/mol. The molecule has 0 saturated carbocycles. The summed E-state index contributed by atoms with van der Waals surface area (Å²) >= 11 is 0. The minimum absolute atomic E-state index is 0.165. The lowest BCUT2D eigenvalue weighted by molar-refractivity contribution is -0.151. The number of hydrogen-bond acceptors (Lipinski definition) is 3. The lowest BCUT2D eigenvalue weighted by Gasteiger charge is -2.12. The first-order valence-electron chi connectivity index (χ1n) is 5.97. The molecule has 0 bridgehead atoms. The van der Waals surface area contributed by atoms with Gasteiger partial charge in [-0.25, -0.2) is 0 Å². The highest BCUT2D eigenvalue weighted by atomic mass is 16.5. The van der Waals surface area contributed by atoms with Gasteiger partial charge in [0.05, 0.1) is 19.4 Å². The highest BCUT2D eigenvalue weighted by Gasteiger charge is 2.21. The minimum atomic E-state index is -0.967. The number of carboxylic acids is 1. The summed E-state index contributed by atoms with van der Waals surface area (Å²) in [6.07, 6.45) is 1.99. The third-order valence-electron chi connectivity index (χ3n) is 2.82. The molecule has 4 nitrogen and oxygen atoms in total. The third-order valence-corrected chi connectivity index (χ3v) is 2.82. The Morgan fingerprint density at radius 1 is 1.28 bits per heavy atom. The molecule has 0 spiro atoms. The summed E-state index contributed by atoms with van der Waals surface area (Å²) in [6.45, 7) is 0. The van der Waals surface area contributed by atoms with Crippen LogP contribution in [0, 0.1) is 5.92 Å². The molecule has 0 heterocycles. The van der Waals surface area contributed by atoms with E-state index in [1.54, 1.807) is 0 Å². The zero-order chi connectivity index (χ0) is 13.4. The van der Waals surface area contributed by atoms with E-state index in [-0.39, 0.29) is 6.42 Å². The van der Waals surface area contributed by atoms with Gasteiger partial charge in [-0.3, -0.25) is 9.59 Å². The van der Waals surface area contributed by atoms with E-state index in [4.69, 9.17) is 5.11 Å². The fourth-order valence-electron chi connectivity index (χ4n) is 1.88. The van der Waals surface area contributed by atoms with Gasteiger partial charge in [0.15, 0.2) is 0 Å². The predicted molar refractivity (Wildman–Crippen MR) is 67.1 cm³/mol. The van der Waals surface area contributed by atoms with Crippen molar-refractivity contribution in [3.05, 3.63) is 35.9 Å². The highest BCUT2D eigenvalue weighted by molar-refractivity contribution is 5.78. The summed E-state index contributed by atoms with van der Waals surface area (Å²) in [4.78, 5) is 22.1. The molecule has 1 aromatic carbocycles. The van der Waals surface area contributed by atoms with Crippen molar-refractivity contribution < 1.29 is 19.4 Å². The van der Waals surface area contributed by atoms with Gasteiger partial charge in [-0.2, -0.15) is 0 Å². The van der Waals surface area contributed by atoms with Crippen LogP contribution >= 0.6 is 0 Å². The number of carboxylic acid groups (broad SMARTS) is 1. The van der Waals surface area contributed by atoms with Gasteiger partial charge in [0, 0.05) is 0 Å². The number of hydrogen-bond donors (Lipinski definition) is 1. The molecule has 0 saturated heterocycles. The number of benzene rings is 1. The number of methoxy groups -OCH3 is 1. The Balaban J connectivity index is 2.42. The molecule has 0 aliphatic heterocycles. The number of ether oxygens (including phenoxy) is 1. The Kier molecular flexibility index (Phi) is 5.91. The predicted octanol–water partition coefficient (Wildman–Crippen LogP) is 2.27. The number of esters is 1. The third kappa shape index (κ3) is 4.99. The molecule has 0 aliphatic carbocycles. The lowest BCUT2D eigenvalue weighted by Crippen LogP contribution is -2.20. The van der Waals surface area contributed by atoms with E-state index in [9.17, 15) is 9.59 Å². The van der Waals surface area contributed by atoms with Crippen LogP contribution in [0.25, 0.3) is 0 Å². The fraction of sp³-hybridized carbons (Fsp3) is 0.429. The molecule has 1 atom stereocenters. The van der Waals surface area contributed by atoms with Crippen LogP contribution in [0.3, 0.4) is 0 Å². The first-order valence-corrected chi connectivity index (χ1v) is 5.97. The van der Waals surface area contributed by atoms with Crippen LogP contribution in [0.15, 0.2) is 30.3 Å². The lowest BCUT2D eigenvalue weighted by atomic mass is 9.97. The Bertz CT molecular complexity index is 386. The number of carbonyl (C=O) groups is 2. The van der Waals surface area contributed by atoms with Gasteiger partial charge in [0.25, 0.3) is 0 Å². The molecule has 18 heavy (non-hydrogen) atoms. The topological polar surface area (TPSA) is 63.6 Å². The molecule has 0 fully saturated rings. The highest BCUT2D eigenvalue weighted by Crippen LogP contribution is 2.15. The van der Waals surface area contributed by atoms with Gasteiger partial charge in [-0.15, -0.1) is 0 Å². The van der Waals surface area contributed by atoms with Gasteiger partial charge >= 0.3 is 11.9 Å². The molecule has 0 radical (unpaired) electrons. The Morgan fingerprint density at radius 2 is 1.94 bits per heavy atom. The van der Waals surface area contributed by atoms with Crippen molar-refractivity contribution in [3.8, 4) is 0 Å². The Labute approximate surface area is 107 Å². The molecule has 0 aromatic heterocycles. The summed E-state index contributed by atoms with van der Waals surface area (Å²) < 4.78 is 4.61. The molecule has 0 aliphatic rings. The van der Waals surface area contributed by atoms with Crippen LogP contribution < -0.4 is 0 Å². The van der Waals surface area contributed by atoms with E-state index < -0.39 is 17.9 Å². The van der Waals surface area contributed by atoms with Crippen LogP contribution in [-0.2, 0) is 20.7 Å². The molecule has 1 rings (SSSR count). The van der Waals surface area contributed by atoms with E-state index in [2.05, 4.69) is 4.74 Å². The molecule has 0 amide bonds. The number of aryl methyl sites for hydroxylation is 1. The molecule has 1 aromatic rings. The summed E-state index contributed by atoms with van der Waals surface area (Å²) in [7, 11) is 1.29. The van der Waals surface area contributed by atoms with Gasteiger partial charge in [0.2, 0.25) is 0 Å². The van der Waals surface area contributed by atoms with Crippen molar-refractivity contribution in [1.82, 2.24) is 0 Å². The van der Waals surface area contributed by atoms with Gasteiger partial charge in [0.1, 0.15) is 0 Å². The van der Waals surface area contributed by atoms with Crippen LogP contribution in [-0.4, -0.2) is 24.2 Å². The molecule has 1 N–H and O–H groups in total. The average molecular weight is 250 g/mol. The number of aliphatic carboxylic acids is 1. The largest absolute Gasteiger partial charge is 0.481 e. The number of carbonyl (C=O) groups excluding carboxylic acids is 1. The van der Waals surface area contributed by atoms with Crippen molar-refractivity contribution in [3.63, 3.8) is 0 Å². The van der Waals surface area contributed by atoms with Crippen LogP contribution in [0.2, 0.25) is 0 Å². The van der Waals surface area contributed by atoms with E-state index in [0.717, 1.165) is 12.8 Å². The second kappa shape index (κ2) is 7.48. The summed E-state index contributed by atoms with van der Waals surface area (Å²) in [5.41, 5.74) is 1.19. The molecule has 4 heteroatoms. The first kappa shape index (κ1) is 14.2. The zero-order valence-electron chi connectivity index (χ0n) is 10.5. The second-order valence-corrected chi connectivity index (χ2v) is 4.20. The maximum absolute atomic E-state index is 11.4. The van der Waals surface area contributed by atoms with Crippen LogP contribution in [0.4, 0.5) is 0 Å². The van der Waals surface area contributed by atoms with E-state index in [0.29, 0.717) is 6.42 Å². The minimum Gasteiger partial charge on any atom is -0.481 e. The fourth-order valence-corrected chi connectivity index (χ4v) is 1.88. The maximum Gasteiger partial charge on any atom is 0.309 e. The second-order valence-electron chi connectivity index (χ2n) is 4.20. The van der Waals surface area contributed by atoms with Crippen molar-refractivity contribution in [1.29, 1.82) is 0 Å². The maximum atomic E-state index is 11.4. The van der Waals surface area contributed by atoms with Crippen molar-refractivity contribution in [2.75, 3.05) is 7.11 Å². The van der Waals surface area contributed by atoms with Crippen LogP contribution in [0.5, 0.6) is 0 Å². The monoisotopic (exact) mass is 250 g/mol. The Hall–Kier alpha value is -1.84. The van der Waals surface area contributed by atoms with E-state index >= 15 is 0 Å². The van der Waals surface area contributed by atoms with Gasteiger partial charge in [-0.05, 0) is 24.8 Å². The average Bonchev–Trinajstić information content (AvgIpc) is 2.37. The first-order chi connectivity index (χ1) is 8.63. The van der Waals surface area contributed by atoms with Crippen molar-refractivity contribution in [2.45, 2.75) is 25.7 Å². The zero-order valence-corrected chi connectivity index (χ0v) is 10.5. The molecular formula is C14H18O4. The summed E-state index contributed by atoms with van der Waals surface area (Å²) in [5, 5.41) is 8.74. The number of rotatable bonds is 7. The molecule has 1 unspecified atom stereocenters. The van der Waals surface area contributed by atoms with Gasteiger partial charge in [-0.1, -0.05) is 30.3 Å². The summed E-state index contributed by atoms with van der Waals surface area (Å²) in [6, 6.07) is 9.91. The summed E-state index contributed by atoms with van der Waals surface area (Å²) in [5.74, 6) is -1.95. The van der Waals surface area contributed by atoms with Crippen molar-refractivity contribution >= 4 is 11.9 Å². The van der Waals surface area contributed by atoms with Crippen molar-refractivity contribution in [2.24, 2.45) is 5.92 Å². The quantitative estimate of drug-likeness (QED) is 0.754. The standard InChI is InChI=1S/C14H18O4/c1-18-14(17)12(10-13(15)16)9-5-8-11-6-3-2-4-7-11/h2-4,6-7,12H,5,8-10H2,1H3,(H,15,16).